The molecule has 0 radical (unpaired) electrons. The molecule has 0 N–H and O–H groups in total. The molecule has 1 aliphatic heterocycles. The van der Waals surface area contributed by atoms with Crippen LogP contribution >= 0.6 is 43.5 Å². The summed E-state index contributed by atoms with van der Waals surface area (Å²) in [5, 5.41) is 11.1. The molecule has 1 heterocycles. The van der Waals surface area contributed by atoms with Crippen molar-refractivity contribution in [2.24, 2.45) is 4.99 Å². The van der Waals surface area contributed by atoms with Crippen LogP contribution in [-0.2, 0) is 16.1 Å². The van der Waals surface area contributed by atoms with E-state index in [0.29, 0.717) is 26.9 Å². The van der Waals surface area contributed by atoms with Gasteiger partial charge in [0.15, 0.2) is 5.70 Å². The molecular formula is C24H15Br2ClN2O5. The van der Waals surface area contributed by atoms with Crippen LogP contribution in [0.3, 0.4) is 0 Å². The molecule has 0 spiro atoms. The lowest BCUT2D eigenvalue weighted by atomic mass is 10.1. The molecule has 3 aromatic rings. The van der Waals surface area contributed by atoms with Gasteiger partial charge in [-0.3, -0.25) is 10.1 Å². The van der Waals surface area contributed by atoms with E-state index in [-0.39, 0.29) is 27.9 Å². The first-order valence-electron chi connectivity index (χ1n) is 9.85. The minimum atomic E-state index is -0.667. The fourth-order valence-electron chi connectivity index (χ4n) is 3.12. The maximum Gasteiger partial charge on any atom is 0.363 e. The fraction of sp³-hybridized carbons (Fsp3) is 0.0833. The van der Waals surface area contributed by atoms with Gasteiger partial charge >= 0.3 is 5.97 Å². The lowest BCUT2D eigenvalue weighted by Crippen LogP contribution is -2.06. The maximum atomic E-state index is 12.4. The Morgan fingerprint density at radius 1 is 1.12 bits per heavy atom. The number of halogens is 3. The summed E-state index contributed by atoms with van der Waals surface area (Å²) in [6, 6.07) is 15.7. The third kappa shape index (κ3) is 5.38. The molecule has 7 nitrogen and oxygen atoms in total. The van der Waals surface area contributed by atoms with E-state index >= 15 is 0 Å². The summed E-state index contributed by atoms with van der Waals surface area (Å²) in [7, 11) is 0. The number of esters is 1. The third-order valence-electron chi connectivity index (χ3n) is 4.84. The minimum absolute atomic E-state index is 0.0196. The topological polar surface area (TPSA) is 91.0 Å². The Labute approximate surface area is 216 Å². The number of hydrogen-bond acceptors (Lipinski definition) is 6. The summed E-state index contributed by atoms with van der Waals surface area (Å²) >= 11 is 12.9. The number of nitro groups is 1. The Bertz CT molecular complexity index is 1350. The van der Waals surface area contributed by atoms with Crippen molar-refractivity contribution in [3.05, 3.63) is 107 Å². The SMILES string of the molecule is Cc1ccc(COc2c(Br)cc(/C=C3\N=C(c4ccc(Cl)c([N+](=O)[O-])c4)OC3=O)cc2Br)cc1. The van der Waals surface area contributed by atoms with Gasteiger partial charge in [-0.25, -0.2) is 9.79 Å². The molecule has 0 unspecified atom stereocenters. The van der Waals surface area contributed by atoms with Crippen LogP contribution in [0.5, 0.6) is 5.75 Å². The molecule has 0 saturated heterocycles. The molecule has 0 atom stereocenters. The first-order valence-corrected chi connectivity index (χ1v) is 11.8. The molecule has 172 valence electrons. The van der Waals surface area contributed by atoms with Crippen molar-refractivity contribution in [3.8, 4) is 5.75 Å². The fourth-order valence-corrected chi connectivity index (χ4v) is 4.75. The van der Waals surface area contributed by atoms with Crippen LogP contribution < -0.4 is 4.74 Å². The maximum absolute atomic E-state index is 12.4. The summed E-state index contributed by atoms with van der Waals surface area (Å²) in [6.45, 7) is 2.42. The molecule has 0 bridgehead atoms. The van der Waals surface area contributed by atoms with E-state index in [9.17, 15) is 14.9 Å². The zero-order valence-electron chi connectivity index (χ0n) is 17.6. The molecular weight excluding hydrogens is 592 g/mol. The second kappa shape index (κ2) is 10.1. The normalized spacial score (nSPS) is 14.2. The van der Waals surface area contributed by atoms with Crippen LogP contribution in [-0.4, -0.2) is 16.8 Å². The second-order valence-electron chi connectivity index (χ2n) is 7.35. The van der Waals surface area contributed by atoms with Crippen LogP contribution in [0.4, 0.5) is 5.69 Å². The van der Waals surface area contributed by atoms with Gasteiger partial charge in [0.05, 0.1) is 13.9 Å². The van der Waals surface area contributed by atoms with Gasteiger partial charge in [0.2, 0.25) is 5.90 Å². The van der Waals surface area contributed by atoms with Crippen molar-refractivity contribution < 1.29 is 19.2 Å². The smallest absolute Gasteiger partial charge is 0.363 e. The van der Waals surface area contributed by atoms with Gasteiger partial charge in [-0.2, -0.15) is 0 Å². The quantitative estimate of drug-likeness (QED) is 0.130. The molecule has 0 amide bonds. The summed E-state index contributed by atoms with van der Waals surface area (Å²) in [4.78, 5) is 27.1. The van der Waals surface area contributed by atoms with Gasteiger partial charge < -0.3 is 9.47 Å². The highest BCUT2D eigenvalue weighted by atomic mass is 79.9. The Kier molecular flexibility index (Phi) is 7.16. The standard InChI is InChI=1S/C24H15Br2ClN2O5/c1-13-2-4-14(5-3-13)12-33-22-17(25)8-15(9-18(22)26)10-20-24(30)34-23(28-20)16-6-7-19(27)21(11-16)29(31)32/h2-11H,12H2,1H3/b20-10-. The van der Waals surface area contributed by atoms with Gasteiger partial charge in [-0.05, 0) is 80.3 Å². The van der Waals surface area contributed by atoms with E-state index in [2.05, 4.69) is 36.9 Å². The molecule has 0 aromatic heterocycles. The van der Waals surface area contributed by atoms with Crippen LogP contribution in [0.2, 0.25) is 5.02 Å². The van der Waals surface area contributed by atoms with Crippen molar-refractivity contribution >= 4 is 67.1 Å². The molecule has 0 aliphatic carbocycles. The van der Waals surface area contributed by atoms with E-state index in [0.717, 1.165) is 5.56 Å². The zero-order valence-corrected chi connectivity index (χ0v) is 21.5. The van der Waals surface area contributed by atoms with Gasteiger partial charge in [-0.15, -0.1) is 0 Å². The van der Waals surface area contributed by atoms with Crippen molar-refractivity contribution in [1.82, 2.24) is 0 Å². The number of carbonyl (C=O) groups excluding carboxylic acids is 1. The molecule has 34 heavy (non-hydrogen) atoms. The van der Waals surface area contributed by atoms with Gasteiger partial charge in [-0.1, -0.05) is 41.4 Å². The van der Waals surface area contributed by atoms with Crippen molar-refractivity contribution in [2.75, 3.05) is 0 Å². The number of benzene rings is 3. The predicted molar refractivity (Wildman–Crippen MR) is 136 cm³/mol. The molecule has 0 saturated carbocycles. The number of aliphatic imine (C=N–C) groups is 1. The number of ether oxygens (including phenoxy) is 2. The first kappa shape index (κ1) is 24.1. The Hall–Kier alpha value is -3.01. The Balaban J connectivity index is 1.57. The highest BCUT2D eigenvalue weighted by Gasteiger charge is 2.26. The van der Waals surface area contributed by atoms with Crippen molar-refractivity contribution in [1.29, 1.82) is 0 Å². The number of nitrogens with zero attached hydrogens (tertiary/aromatic N) is 2. The predicted octanol–water partition coefficient (Wildman–Crippen LogP) is 7.01. The van der Waals surface area contributed by atoms with E-state index in [1.165, 1.54) is 23.8 Å². The molecule has 0 fully saturated rings. The lowest BCUT2D eigenvalue weighted by molar-refractivity contribution is -0.384. The number of aryl methyl sites for hydroxylation is 1. The van der Waals surface area contributed by atoms with Crippen molar-refractivity contribution in [3.63, 3.8) is 0 Å². The first-order chi connectivity index (χ1) is 16.2. The summed E-state index contributed by atoms with van der Waals surface area (Å²) < 4.78 is 12.5. The van der Waals surface area contributed by atoms with E-state index in [1.807, 2.05) is 31.2 Å². The van der Waals surface area contributed by atoms with Crippen LogP contribution in [0, 0.1) is 17.0 Å². The Morgan fingerprint density at radius 2 is 1.79 bits per heavy atom. The van der Waals surface area contributed by atoms with E-state index in [4.69, 9.17) is 21.1 Å². The molecule has 4 rings (SSSR count). The van der Waals surface area contributed by atoms with Crippen molar-refractivity contribution in [2.45, 2.75) is 13.5 Å². The number of carbonyl (C=O) groups is 1. The van der Waals surface area contributed by atoms with Gasteiger partial charge in [0, 0.05) is 11.6 Å². The lowest BCUT2D eigenvalue weighted by Gasteiger charge is -2.11. The largest absolute Gasteiger partial charge is 0.487 e. The number of cyclic esters (lactones) is 1. The highest BCUT2D eigenvalue weighted by molar-refractivity contribution is 9.11. The van der Waals surface area contributed by atoms with Crippen LogP contribution in [0.1, 0.15) is 22.3 Å². The van der Waals surface area contributed by atoms with Crippen LogP contribution in [0.15, 0.2) is 74.2 Å². The van der Waals surface area contributed by atoms with Crippen LogP contribution in [0.25, 0.3) is 6.08 Å². The van der Waals surface area contributed by atoms with E-state index in [1.54, 1.807) is 18.2 Å². The summed E-state index contributed by atoms with van der Waals surface area (Å²) in [5.74, 6) is -0.0823. The average Bonchev–Trinajstić information content (AvgIpc) is 3.14. The highest BCUT2D eigenvalue weighted by Crippen LogP contribution is 2.36. The molecule has 1 aliphatic rings. The number of hydrogen-bond donors (Lipinski definition) is 0. The molecule has 10 heteroatoms. The Morgan fingerprint density at radius 3 is 2.44 bits per heavy atom. The number of nitro benzene ring substituents is 1. The molecule has 3 aromatic carbocycles. The minimum Gasteiger partial charge on any atom is -0.487 e. The third-order valence-corrected chi connectivity index (χ3v) is 6.34. The van der Waals surface area contributed by atoms with E-state index < -0.39 is 10.9 Å². The zero-order chi connectivity index (χ0) is 24.4. The number of rotatable bonds is 6. The summed E-state index contributed by atoms with van der Waals surface area (Å²) in [6.07, 6.45) is 1.55. The van der Waals surface area contributed by atoms with Gasteiger partial charge in [0.1, 0.15) is 17.4 Å². The monoisotopic (exact) mass is 604 g/mol. The summed E-state index contributed by atoms with van der Waals surface area (Å²) in [5.41, 5.74) is 2.90. The van der Waals surface area contributed by atoms with Gasteiger partial charge in [0.25, 0.3) is 5.69 Å². The second-order valence-corrected chi connectivity index (χ2v) is 9.46. The average molecular weight is 607 g/mol.